The first-order chi connectivity index (χ1) is 12.8. The number of carbonyl (C=O) groups is 1. The zero-order valence-electron chi connectivity index (χ0n) is 14.9. The molecule has 27 heavy (non-hydrogen) atoms. The highest BCUT2D eigenvalue weighted by Crippen LogP contribution is 2.21. The minimum Gasteiger partial charge on any atom is -0.393 e. The van der Waals surface area contributed by atoms with Crippen molar-refractivity contribution in [3.8, 4) is 0 Å². The predicted octanol–water partition coefficient (Wildman–Crippen LogP) is 2.53. The number of aliphatic hydroxyl groups is 1. The topological polar surface area (TPSA) is 86.7 Å². The van der Waals surface area contributed by atoms with Crippen LogP contribution in [0.2, 0.25) is 0 Å². The van der Waals surface area contributed by atoms with Crippen LogP contribution in [0.25, 0.3) is 0 Å². The lowest BCUT2D eigenvalue weighted by atomic mass is 10.1. The number of rotatable bonds is 4. The number of amides is 1. The zero-order valence-corrected chi connectivity index (χ0v) is 15.7. The number of likely N-dealkylation sites (tertiary alicyclic amines) is 1. The van der Waals surface area contributed by atoms with Gasteiger partial charge in [-0.2, -0.15) is 0 Å². The van der Waals surface area contributed by atoms with Crippen molar-refractivity contribution >= 4 is 21.6 Å². The van der Waals surface area contributed by atoms with Crippen molar-refractivity contribution in [1.82, 2.24) is 4.90 Å². The number of hydrogen-bond acceptors (Lipinski definition) is 4. The van der Waals surface area contributed by atoms with Crippen molar-refractivity contribution in [1.29, 1.82) is 0 Å². The van der Waals surface area contributed by atoms with Gasteiger partial charge < -0.3 is 10.0 Å². The average Bonchev–Trinajstić information content (AvgIpc) is 2.64. The molecule has 2 N–H and O–H groups in total. The normalized spacial score (nSPS) is 15.6. The lowest BCUT2D eigenvalue weighted by Crippen LogP contribution is -2.40. The Kier molecular flexibility index (Phi) is 5.48. The molecule has 1 fully saturated rings. The minimum atomic E-state index is -3.98. The first-order valence-corrected chi connectivity index (χ1v) is 10.1. The molecular formula is C19H21FN2O4S. The summed E-state index contributed by atoms with van der Waals surface area (Å²) >= 11 is 0. The summed E-state index contributed by atoms with van der Waals surface area (Å²) in [7, 11) is -3.98. The van der Waals surface area contributed by atoms with E-state index in [1.165, 1.54) is 24.3 Å². The van der Waals surface area contributed by atoms with E-state index in [2.05, 4.69) is 4.72 Å². The van der Waals surface area contributed by atoms with Gasteiger partial charge in [-0.1, -0.05) is 12.1 Å². The van der Waals surface area contributed by atoms with Gasteiger partial charge in [0.05, 0.1) is 11.0 Å². The van der Waals surface area contributed by atoms with Gasteiger partial charge in [-0.25, -0.2) is 12.8 Å². The lowest BCUT2D eigenvalue weighted by Gasteiger charge is -2.29. The first-order valence-electron chi connectivity index (χ1n) is 8.62. The second-order valence-corrected chi connectivity index (χ2v) is 8.30. The highest BCUT2D eigenvalue weighted by atomic mass is 32.2. The number of nitrogens with zero attached hydrogens (tertiary/aromatic N) is 1. The van der Waals surface area contributed by atoms with Gasteiger partial charge in [0.2, 0.25) is 0 Å². The van der Waals surface area contributed by atoms with Crippen LogP contribution in [0.4, 0.5) is 10.1 Å². The summed E-state index contributed by atoms with van der Waals surface area (Å²) in [4.78, 5) is 14.0. The summed E-state index contributed by atoms with van der Waals surface area (Å²) < 4.78 is 41.0. The van der Waals surface area contributed by atoms with Gasteiger partial charge in [-0.3, -0.25) is 9.52 Å². The zero-order chi connectivity index (χ0) is 19.6. The molecule has 8 heteroatoms. The Morgan fingerprint density at radius 1 is 1.19 bits per heavy atom. The molecule has 2 aromatic rings. The molecule has 2 aromatic carbocycles. The molecule has 144 valence electrons. The molecule has 3 rings (SSSR count). The lowest BCUT2D eigenvalue weighted by molar-refractivity contribution is 0.0546. The molecular weight excluding hydrogens is 371 g/mol. The maximum absolute atomic E-state index is 13.7. The van der Waals surface area contributed by atoms with E-state index in [9.17, 15) is 22.7 Å². The molecule has 0 radical (unpaired) electrons. The van der Waals surface area contributed by atoms with Crippen molar-refractivity contribution in [2.24, 2.45) is 0 Å². The molecule has 0 atom stereocenters. The fourth-order valence-electron chi connectivity index (χ4n) is 2.92. The summed E-state index contributed by atoms with van der Waals surface area (Å²) in [5.74, 6) is -0.821. The Bertz CT molecular complexity index is 954. The van der Waals surface area contributed by atoms with Crippen LogP contribution in [0.15, 0.2) is 47.4 Å². The van der Waals surface area contributed by atoms with Crippen LogP contribution < -0.4 is 4.72 Å². The van der Waals surface area contributed by atoms with Gasteiger partial charge in [0.25, 0.3) is 15.9 Å². The molecule has 1 amide bonds. The van der Waals surface area contributed by atoms with Crippen LogP contribution in [0, 0.1) is 12.7 Å². The number of sulfonamides is 1. The molecule has 1 aliphatic rings. The maximum atomic E-state index is 13.7. The van der Waals surface area contributed by atoms with Crippen molar-refractivity contribution in [2.45, 2.75) is 30.8 Å². The highest BCUT2D eigenvalue weighted by molar-refractivity contribution is 7.92. The Morgan fingerprint density at radius 2 is 1.89 bits per heavy atom. The van der Waals surface area contributed by atoms with Gasteiger partial charge in [0, 0.05) is 24.3 Å². The van der Waals surface area contributed by atoms with E-state index >= 15 is 0 Å². The van der Waals surface area contributed by atoms with Crippen molar-refractivity contribution in [3.05, 3.63) is 59.4 Å². The SMILES string of the molecule is Cc1ccc(S(=O)(=O)Nc2cccc(C(=O)N3CCC(O)CC3)c2)cc1F. The van der Waals surface area contributed by atoms with E-state index < -0.39 is 15.8 Å². The third-order valence-electron chi connectivity index (χ3n) is 4.57. The number of anilines is 1. The van der Waals surface area contributed by atoms with E-state index in [4.69, 9.17) is 0 Å². The molecule has 6 nitrogen and oxygen atoms in total. The summed E-state index contributed by atoms with van der Waals surface area (Å²) in [6.45, 7) is 2.46. The number of hydrogen-bond donors (Lipinski definition) is 2. The quantitative estimate of drug-likeness (QED) is 0.837. The van der Waals surface area contributed by atoms with Gasteiger partial charge in [-0.05, 0) is 55.7 Å². The summed E-state index contributed by atoms with van der Waals surface area (Å²) in [5, 5.41) is 9.55. The molecule has 0 unspecified atom stereocenters. The van der Waals surface area contributed by atoms with Crippen molar-refractivity contribution < 1.29 is 22.7 Å². The average molecular weight is 392 g/mol. The number of aliphatic hydroxyl groups excluding tert-OH is 1. The van der Waals surface area contributed by atoms with E-state index in [0.29, 0.717) is 37.1 Å². The summed E-state index contributed by atoms with van der Waals surface area (Å²) in [5.41, 5.74) is 0.925. The molecule has 0 spiro atoms. The third kappa shape index (κ3) is 4.45. The Labute approximate surface area is 157 Å². The summed E-state index contributed by atoms with van der Waals surface area (Å²) in [6.07, 6.45) is 0.663. The third-order valence-corrected chi connectivity index (χ3v) is 5.95. The molecule has 0 bridgehead atoms. The van der Waals surface area contributed by atoms with Crippen LogP contribution in [0.1, 0.15) is 28.8 Å². The van der Waals surface area contributed by atoms with Crippen LogP contribution in [0.5, 0.6) is 0 Å². The number of carbonyl (C=O) groups excluding carboxylic acids is 1. The Hall–Kier alpha value is -2.45. The Morgan fingerprint density at radius 3 is 2.56 bits per heavy atom. The van der Waals surface area contributed by atoms with Gasteiger partial charge in [0.1, 0.15) is 5.82 Å². The largest absolute Gasteiger partial charge is 0.393 e. The van der Waals surface area contributed by atoms with Crippen LogP contribution in [0.3, 0.4) is 0 Å². The molecule has 0 aromatic heterocycles. The number of benzene rings is 2. The Balaban J connectivity index is 1.79. The molecule has 1 heterocycles. The van der Waals surface area contributed by atoms with Gasteiger partial charge in [0.15, 0.2) is 0 Å². The second-order valence-electron chi connectivity index (χ2n) is 6.62. The fraction of sp³-hybridized carbons (Fsp3) is 0.316. The van der Waals surface area contributed by atoms with E-state index in [1.807, 2.05) is 0 Å². The summed E-state index contributed by atoms with van der Waals surface area (Å²) in [6, 6.07) is 9.86. The maximum Gasteiger partial charge on any atom is 0.261 e. The van der Waals surface area contributed by atoms with Gasteiger partial charge >= 0.3 is 0 Å². The van der Waals surface area contributed by atoms with Crippen molar-refractivity contribution in [2.75, 3.05) is 17.8 Å². The molecule has 0 aliphatic carbocycles. The van der Waals surface area contributed by atoms with E-state index in [0.717, 1.165) is 6.07 Å². The number of halogens is 1. The molecule has 1 aliphatic heterocycles. The first kappa shape index (κ1) is 19.3. The number of nitrogens with one attached hydrogen (secondary N) is 1. The van der Waals surface area contributed by atoms with Crippen LogP contribution in [-0.4, -0.2) is 43.5 Å². The van der Waals surface area contributed by atoms with Crippen LogP contribution in [-0.2, 0) is 10.0 Å². The highest BCUT2D eigenvalue weighted by Gasteiger charge is 2.23. The second kappa shape index (κ2) is 7.66. The van der Waals surface area contributed by atoms with Crippen LogP contribution >= 0.6 is 0 Å². The standard InChI is InChI=1S/C19H21FN2O4S/c1-13-5-6-17(12-18(13)20)27(25,26)21-15-4-2-3-14(11-15)19(24)22-9-7-16(23)8-10-22/h2-6,11-12,16,21,23H,7-10H2,1H3. The monoisotopic (exact) mass is 392 g/mol. The van der Waals surface area contributed by atoms with E-state index in [1.54, 1.807) is 24.0 Å². The number of aryl methyl sites for hydroxylation is 1. The van der Waals surface area contributed by atoms with E-state index in [-0.39, 0.29) is 22.6 Å². The fourth-order valence-corrected chi connectivity index (χ4v) is 3.98. The number of piperidine rings is 1. The molecule has 1 saturated heterocycles. The molecule has 0 saturated carbocycles. The van der Waals surface area contributed by atoms with Crippen molar-refractivity contribution in [3.63, 3.8) is 0 Å². The smallest absolute Gasteiger partial charge is 0.261 e. The predicted molar refractivity (Wildman–Crippen MR) is 99.5 cm³/mol. The van der Waals surface area contributed by atoms with Gasteiger partial charge in [-0.15, -0.1) is 0 Å². The minimum absolute atomic E-state index is 0.188.